The Morgan fingerprint density at radius 3 is 2.41 bits per heavy atom. The van der Waals surface area contributed by atoms with E-state index in [1.807, 2.05) is 18.3 Å². The van der Waals surface area contributed by atoms with Crippen LogP contribution in [0.15, 0.2) is 97.2 Å². The van der Waals surface area contributed by atoms with Crippen LogP contribution in [0.2, 0.25) is 0 Å². The largest absolute Gasteiger partial charge is 0.490 e. The molecule has 0 radical (unpaired) electrons. The van der Waals surface area contributed by atoms with Gasteiger partial charge in [0.25, 0.3) is 0 Å². The summed E-state index contributed by atoms with van der Waals surface area (Å²) in [7, 11) is 0. The highest BCUT2D eigenvalue weighted by Gasteiger charge is 2.42. The van der Waals surface area contributed by atoms with Gasteiger partial charge in [0.05, 0.1) is 29.6 Å². The number of fused-ring (bicyclic) bond motifs is 1. The summed E-state index contributed by atoms with van der Waals surface area (Å²) in [6, 6.07) is 31.8. The van der Waals surface area contributed by atoms with E-state index < -0.39 is 0 Å². The van der Waals surface area contributed by atoms with Crippen molar-refractivity contribution in [1.82, 2.24) is 14.9 Å². The zero-order valence-electron chi connectivity index (χ0n) is 23.5. The Hall–Kier alpha value is -4.16. The molecule has 1 saturated heterocycles. The number of hydrogen-bond acceptors (Lipinski definition) is 3. The second-order valence-corrected chi connectivity index (χ2v) is 11.6. The van der Waals surface area contributed by atoms with Gasteiger partial charge in [0.1, 0.15) is 5.75 Å². The molecule has 2 aliphatic rings. The number of thiocarbonyl (C=S) groups is 1. The van der Waals surface area contributed by atoms with E-state index in [0.717, 1.165) is 30.0 Å². The van der Waals surface area contributed by atoms with Gasteiger partial charge in [-0.25, -0.2) is 0 Å². The molecule has 1 aliphatic carbocycles. The summed E-state index contributed by atoms with van der Waals surface area (Å²) >= 11 is 6.01. The van der Waals surface area contributed by atoms with Gasteiger partial charge in [0.2, 0.25) is 0 Å². The highest BCUT2D eigenvalue weighted by molar-refractivity contribution is 7.80. The van der Waals surface area contributed by atoms with Crippen molar-refractivity contribution in [3.8, 4) is 11.4 Å². The van der Waals surface area contributed by atoms with Crippen LogP contribution in [0, 0.1) is 13.8 Å². The number of hydrogen-bond donors (Lipinski definition) is 1. The number of nitrogens with zero attached hydrogens (tertiary/aromatic N) is 3. The Labute approximate surface area is 246 Å². The van der Waals surface area contributed by atoms with Crippen molar-refractivity contribution in [3.05, 3.63) is 120 Å². The molecule has 0 amide bonds. The van der Waals surface area contributed by atoms with E-state index in [1.54, 1.807) is 0 Å². The predicted octanol–water partition coefficient (Wildman–Crippen LogP) is 8.14. The van der Waals surface area contributed by atoms with Crippen LogP contribution in [0.5, 0.6) is 5.75 Å². The van der Waals surface area contributed by atoms with Crippen LogP contribution >= 0.6 is 12.2 Å². The molecule has 5 aromatic rings. The number of nitrogens with one attached hydrogen (secondary N) is 1. The molecule has 2 aromatic heterocycles. The van der Waals surface area contributed by atoms with Gasteiger partial charge in [-0.1, -0.05) is 42.5 Å². The highest BCUT2D eigenvalue weighted by Crippen LogP contribution is 2.44. The zero-order chi connectivity index (χ0) is 27.9. The van der Waals surface area contributed by atoms with Crippen LogP contribution < -0.4 is 15.0 Å². The Morgan fingerprint density at radius 1 is 0.878 bits per heavy atom. The zero-order valence-corrected chi connectivity index (χ0v) is 24.3. The molecule has 2 atom stereocenters. The maximum Gasteiger partial charge on any atom is 0.174 e. The number of rotatable bonds is 6. The molecule has 2 fully saturated rings. The average Bonchev–Trinajstić information content (AvgIpc) is 3.71. The van der Waals surface area contributed by atoms with E-state index in [4.69, 9.17) is 21.9 Å². The van der Waals surface area contributed by atoms with Crippen molar-refractivity contribution >= 4 is 33.8 Å². The number of pyridine rings is 1. The average molecular weight is 559 g/mol. The number of ether oxygens (including phenoxy) is 1. The van der Waals surface area contributed by atoms with Crippen LogP contribution in [0.1, 0.15) is 60.4 Å². The van der Waals surface area contributed by atoms with Crippen molar-refractivity contribution in [2.45, 2.75) is 57.7 Å². The maximum atomic E-state index is 6.26. The van der Waals surface area contributed by atoms with Gasteiger partial charge in [-0.05, 0) is 111 Å². The SMILES string of the molecule is Cc1cc([C@H]2[C@@H](c3ccccn3)NC(=S)N2c2ccc(OC3CCCC3)cc2)c(C)n1-c1cccc2ccccc12. The van der Waals surface area contributed by atoms with Crippen molar-refractivity contribution in [2.75, 3.05) is 4.90 Å². The Kier molecular flexibility index (Phi) is 6.71. The van der Waals surface area contributed by atoms with Crippen LogP contribution in [0.3, 0.4) is 0 Å². The molecule has 6 heteroatoms. The van der Waals surface area contributed by atoms with Gasteiger partial charge in [0, 0.05) is 28.7 Å². The smallest absolute Gasteiger partial charge is 0.174 e. The minimum absolute atomic E-state index is 0.0751. The van der Waals surface area contributed by atoms with E-state index >= 15 is 0 Å². The molecule has 1 aliphatic heterocycles. The number of aryl methyl sites for hydroxylation is 1. The summed E-state index contributed by atoms with van der Waals surface area (Å²) < 4.78 is 8.64. The molecule has 41 heavy (non-hydrogen) atoms. The second-order valence-electron chi connectivity index (χ2n) is 11.2. The molecule has 1 saturated carbocycles. The Morgan fingerprint density at radius 2 is 1.63 bits per heavy atom. The van der Waals surface area contributed by atoms with E-state index in [9.17, 15) is 0 Å². The van der Waals surface area contributed by atoms with Gasteiger partial charge in [-0.2, -0.15) is 0 Å². The normalized spacial score (nSPS) is 19.2. The minimum Gasteiger partial charge on any atom is -0.490 e. The molecule has 3 aromatic carbocycles. The van der Waals surface area contributed by atoms with E-state index in [1.165, 1.54) is 46.3 Å². The van der Waals surface area contributed by atoms with Gasteiger partial charge >= 0.3 is 0 Å². The third-order valence-corrected chi connectivity index (χ3v) is 8.93. The van der Waals surface area contributed by atoms with Gasteiger partial charge < -0.3 is 19.5 Å². The summed E-state index contributed by atoms with van der Waals surface area (Å²) in [5.41, 5.74) is 6.81. The van der Waals surface area contributed by atoms with Gasteiger partial charge in [-0.3, -0.25) is 4.98 Å². The quantitative estimate of drug-likeness (QED) is 0.213. The lowest BCUT2D eigenvalue weighted by Gasteiger charge is -2.28. The summed E-state index contributed by atoms with van der Waals surface area (Å²) in [5, 5.41) is 6.79. The van der Waals surface area contributed by atoms with Crippen LogP contribution in [0.25, 0.3) is 16.5 Å². The minimum atomic E-state index is -0.0976. The van der Waals surface area contributed by atoms with Crippen molar-refractivity contribution < 1.29 is 4.74 Å². The summed E-state index contributed by atoms with van der Waals surface area (Å²) in [5.74, 6) is 0.922. The van der Waals surface area contributed by atoms with Crippen molar-refractivity contribution in [3.63, 3.8) is 0 Å². The molecule has 5 nitrogen and oxygen atoms in total. The molecular weight excluding hydrogens is 524 g/mol. The summed E-state index contributed by atoms with van der Waals surface area (Å²) in [4.78, 5) is 7.01. The maximum absolute atomic E-state index is 6.26. The fraction of sp³-hybridized carbons (Fsp3) is 0.257. The number of anilines is 1. The monoisotopic (exact) mass is 558 g/mol. The number of benzene rings is 3. The second kappa shape index (κ2) is 10.7. The first kappa shape index (κ1) is 25.8. The summed E-state index contributed by atoms with van der Waals surface area (Å²) in [6.07, 6.45) is 6.98. The first-order chi connectivity index (χ1) is 20.1. The van der Waals surface area contributed by atoms with Crippen LogP contribution in [-0.4, -0.2) is 20.8 Å². The first-order valence-corrected chi connectivity index (χ1v) is 14.9. The van der Waals surface area contributed by atoms with Crippen LogP contribution in [-0.2, 0) is 0 Å². The lowest BCUT2D eigenvalue weighted by molar-refractivity contribution is 0.210. The van der Waals surface area contributed by atoms with E-state index in [2.05, 4.69) is 107 Å². The van der Waals surface area contributed by atoms with Gasteiger partial charge in [-0.15, -0.1) is 0 Å². The van der Waals surface area contributed by atoms with E-state index in [-0.39, 0.29) is 12.1 Å². The molecule has 206 valence electrons. The highest BCUT2D eigenvalue weighted by atomic mass is 32.1. The van der Waals surface area contributed by atoms with Gasteiger partial charge in [0.15, 0.2) is 5.11 Å². The van der Waals surface area contributed by atoms with Crippen LogP contribution in [0.4, 0.5) is 5.69 Å². The number of aromatic nitrogens is 2. The third-order valence-electron chi connectivity index (χ3n) is 8.61. The fourth-order valence-corrected chi connectivity index (χ4v) is 7.04. The Balaban J connectivity index is 1.32. The third kappa shape index (κ3) is 4.66. The van der Waals surface area contributed by atoms with Crippen molar-refractivity contribution in [2.24, 2.45) is 0 Å². The molecule has 0 spiro atoms. The fourth-order valence-electron chi connectivity index (χ4n) is 6.69. The standard InChI is InChI=1S/C35H34N4OS/c1-23-22-30(24(2)38(23)32-16-9-11-25-10-3-6-14-29(25)32)34-33(31-15-7-8-21-36-31)37-35(41)39(34)26-17-19-28(20-18-26)40-27-12-4-5-13-27/h3,6-11,14-22,27,33-34H,4-5,12-13H2,1-2H3,(H,37,41)/t33-,34+/m1/s1. The van der Waals surface area contributed by atoms with Crippen molar-refractivity contribution in [1.29, 1.82) is 0 Å². The predicted molar refractivity (Wildman–Crippen MR) is 170 cm³/mol. The molecule has 0 bridgehead atoms. The lowest BCUT2D eigenvalue weighted by Crippen LogP contribution is -2.29. The Bertz CT molecular complexity index is 1700. The first-order valence-electron chi connectivity index (χ1n) is 14.5. The molecule has 3 heterocycles. The lowest BCUT2D eigenvalue weighted by atomic mass is 9.96. The molecular formula is C35H34N4OS. The molecule has 0 unspecified atom stereocenters. The van der Waals surface area contributed by atoms with E-state index in [0.29, 0.717) is 11.2 Å². The molecule has 1 N–H and O–H groups in total. The topological polar surface area (TPSA) is 42.3 Å². The summed E-state index contributed by atoms with van der Waals surface area (Å²) in [6.45, 7) is 4.41. The molecule has 7 rings (SSSR count).